The average Bonchev–Trinajstić information content (AvgIpc) is 3.12. The van der Waals surface area contributed by atoms with Gasteiger partial charge >= 0.3 is 6.03 Å². The third-order valence-corrected chi connectivity index (χ3v) is 5.86. The minimum absolute atomic E-state index is 0.135. The van der Waals surface area contributed by atoms with Crippen LogP contribution in [-0.2, 0) is 11.3 Å². The van der Waals surface area contributed by atoms with E-state index in [2.05, 4.69) is 22.0 Å². The van der Waals surface area contributed by atoms with E-state index in [1.807, 2.05) is 24.6 Å². The van der Waals surface area contributed by atoms with Crippen LogP contribution >= 0.6 is 0 Å². The number of methoxy groups -OCH3 is 1. The van der Waals surface area contributed by atoms with Gasteiger partial charge in [0.25, 0.3) is 0 Å². The first kappa shape index (κ1) is 24.0. The Bertz CT molecular complexity index is 895. The number of hydrogen-bond donors (Lipinski definition) is 1. The Kier molecular flexibility index (Phi) is 8.46. The Morgan fingerprint density at radius 2 is 2.00 bits per heavy atom. The number of nitrogens with zero attached hydrogens (tertiary/aromatic N) is 5. The summed E-state index contributed by atoms with van der Waals surface area (Å²) < 4.78 is 21.1. The molecule has 2 heterocycles. The summed E-state index contributed by atoms with van der Waals surface area (Å²) in [4.78, 5) is 19.2. The van der Waals surface area contributed by atoms with Crippen LogP contribution in [0.15, 0.2) is 24.3 Å². The molecule has 1 aliphatic rings. The lowest BCUT2D eigenvalue weighted by atomic mass is 10.2. The molecule has 32 heavy (non-hydrogen) atoms. The summed E-state index contributed by atoms with van der Waals surface area (Å²) in [5, 5.41) is 7.67. The SMILES string of the molecule is CCNC(=O)N(CCOC)Cc1c(C)nn(-c2cccc(F)c2)c1N1CCN(CC)CC1. The van der Waals surface area contributed by atoms with Gasteiger partial charge in [-0.1, -0.05) is 13.0 Å². The fourth-order valence-electron chi connectivity index (χ4n) is 4.03. The van der Waals surface area contributed by atoms with Crippen molar-refractivity contribution in [2.24, 2.45) is 0 Å². The summed E-state index contributed by atoms with van der Waals surface area (Å²) in [6, 6.07) is 6.35. The second-order valence-corrected chi connectivity index (χ2v) is 7.95. The second-order valence-electron chi connectivity index (χ2n) is 7.95. The summed E-state index contributed by atoms with van der Waals surface area (Å²) >= 11 is 0. The topological polar surface area (TPSA) is 65.9 Å². The first-order valence-corrected chi connectivity index (χ1v) is 11.3. The van der Waals surface area contributed by atoms with E-state index in [1.54, 1.807) is 18.1 Å². The van der Waals surface area contributed by atoms with Crippen molar-refractivity contribution < 1.29 is 13.9 Å². The zero-order chi connectivity index (χ0) is 23.1. The molecule has 0 radical (unpaired) electrons. The van der Waals surface area contributed by atoms with E-state index in [4.69, 9.17) is 9.84 Å². The zero-order valence-corrected chi connectivity index (χ0v) is 19.6. The van der Waals surface area contributed by atoms with E-state index in [0.717, 1.165) is 49.8 Å². The van der Waals surface area contributed by atoms with Gasteiger partial charge in [-0.05, 0) is 38.6 Å². The second kappa shape index (κ2) is 11.3. The molecule has 1 aromatic carbocycles. The van der Waals surface area contributed by atoms with Gasteiger partial charge < -0.3 is 24.8 Å². The number of anilines is 1. The number of ether oxygens (including phenoxy) is 1. The van der Waals surface area contributed by atoms with E-state index in [0.29, 0.717) is 31.9 Å². The molecule has 2 amide bonds. The smallest absolute Gasteiger partial charge is 0.317 e. The van der Waals surface area contributed by atoms with Gasteiger partial charge in [0.05, 0.1) is 24.5 Å². The molecule has 0 bridgehead atoms. The predicted octanol–water partition coefficient (Wildman–Crippen LogP) is 2.64. The summed E-state index contributed by atoms with van der Waals surface area (Å²) in [7, 11) is 1.63. The van der Waals surface area contributed by atoms with E-state index >= 15 is 0 Å². The molecule has 0 saturated carbocycles. The molecule has 1 aliphatic heterocycles. The van der Waals surface area contributed by atoms with Crippen LogP contribution in [0.3, 0.4) is 0 Å². The number of rotatable bonds is 9. The van der Waals surface area contributed by atoms with Gasteiger partial charge in [0.1, 0.15) is 11.6 Å². The number of urea groups is 1. The molecule has 1 fully saturated rings. The highest BCUT2D eigenvalue weighted by atomic mass is 19.1. The van der Waals surface area contributed by atoms with Gasteiger partial charge in [-0.15, -0.1) is 0 Å². The number of nitrogens with one attached hydrogen (secondary N) is 1. The van der Waals surface area contributed by atoms with Gasteiger partial charge in [0.2, 0.25) is 0 Å². The highest BCUT2D eigenvalue weighted by Crippen LogP contribution is 2.30. The number of aromatic nitrogens is 2. The molecule has 1 N–H and O–H groups in total. The third kappa shape index (κ3) is 5.58. The zero-order valence-electron chi connectivity index (χ0n) is 19.6. The van der Waals surface area contributed by atoms with E-state index < -0.39 is 0 Å². The van der Waals surface area contributed by atoms with Crippen molar-refractivity contribution in [1.82, 2.24) is 24.9 Å². The fourth-order valence-corrected chi connectivity index (χ4v) is 4.03. The van der Waals surface area contributed by atoms with Crippen LogP contribution in [0.1, 0.15) is 25.1 Å². The third-order valence-electron chi connectivity index (χ3n) is 5.86. The van der Waals surface area contributed by atoms with Crippen molar-refractivity contribution in [2.75, 3.05) is 64.4 Å². The quantitative estimate of drug-likeness (QED) is 0.642. The number of hydrogen-bond acceptors (Lipinski definition) is 5. The summed E-state index contributed by atoms with van der Waals surface area (Å²) in [6.07, 6.45) is 0. The predicted molar refractivity (Wildman–Crippen MR) is 124 cm³/mol. The molecule has 3 rings (SSSR count). The molecule has 9 heteroatoms. The van der Waals surface area contributed by atoms with Crippen molar-refractivity contribution in [3.8, 4) is 5.69 Å². The number of carbonyl (C=O) groups is 1. The normalized spacial score (nSPS) is 14.6. The van der Waals surface area contributed by atoms with Gasteiger partial charge in [-0.25, -0.2) is 13.9 Å². The maximum Gasteiger partial charge on any atom is 0.317 e. The summed E-state index contributed by atoms with van der Waals surface area (Å²) in [5.41, 5.74) is 2.48. The molecular weight excluding hydrogens is 411 g/mol. The first-order valence-electron chi connectivity index (χ1n) is 11.3. The molecular formula is C23H35FN6O2. The molecule has 176 valence electrons. The summed E-state index contributed by atoms with van der Waals surface area (Å²) in [5.74, 6) is 0.624. The Balaban J connectivity index is 2.01. The van der Waals surface area contributed by atoms with Gasteiger partial charge in [-0.2, -0.15) is 5.10 Å². The lowest BCUT2D eigenvalue weighted by Gasteiger charge is -2.36. The van der Waals surface area contributed by atoms with Gasteiger partial charge in [-0.3, -0.25) is 0 Å². The number of halogens is 1. The van der Waals surface area contributed by atoms with Crippen LogP contribution in [0, 0.1) is 12.7 Å². The maximum atomic E-state index is 14.0. The van der Waals surface area contributed by atoms with E-state index in [9.17, 15) is 9.18 Å². The molecule has 1 aromatic heterocycles. The molecule has 2 aromatic rings. The monoisotopic (exact) mass is 446 g/mol. The van der Waals surface area contributed by atoms with Crippen molar-refractivity contribution >= 4 is 11.8 Å². The molecule has 0 unspecified atom stereocenters. The van der Waals surface area contributed by atoms with Crippen molar-refractivity contribution in [1.29, 1.82) is 0 Å². The lowest BCUT2D eigenvalue weighted by molar-refractivity contribution is 0.146. The molecule has 0 aliphatic carbocycles. The van der Waals surface area contributed by atoms with Gasteiger partial charge in [0.15, 0.2) is 0 Å². The van der Waals surface area contributed by atoms with Crippen LogP contribution in [0.25, 0.3) is 5.69 Å². The Morgan fingerprint density at radius 3 is 2.62 bits per heavy atom. The van der Waals surface area contributed by atoms with E-state index in [1.165, 1.54) is 12.1 Å². The molecule has 1 saturated heterocycles. The van der Waals surface area contributed by atoms with E-state index in [-0.39, 0.29) is 11.8 Å². The standard InChI is InChI=1S/C23H35FN6O2/c1-5-25-23(31)29(14-15-32-4)17-21-18(3)26-30(20-9-7-8-19(24)16-20)22(21)28-12-10-27(6-2)11-13-28/h7-9,16H,5-6,10-15,17H2,1-4H3,(H,25,31). The van der Waals surface area contributed by atoms with Crippen molar-refractivity contribution in [3.05, 3.63) is 41.3 Å². The molecule has 0 spiro atoms. The highest BCUT2D eigenvalue weighted by molar-refractivity contribution is 5.74. The van der Waals surface area contributed by atoms with Crippen LogP contribution in [0.2, 0.25) is 0 Å². The van der Waals surface area contributed by atoms with Crippen LogP contribution in [-0.4, -0.2) is 85.1 Å². The minimum Gasteiger partial charge on any atom is -0.383 e. The highest BCUT2D eigenvalue weighted by Gasteiger charge is 2.27. The minimum atomic E-state index is -0.303. The Morgan fingerprint density at radius 1 is 1.25 bits per heavy atom. The molecule has 8 nitrogen and oxygen atoms in total. The average molecular weight is 447 g/mol. The number of amides is 2. The van der Waals surface area contributed by atoms with Gasteiger partial charge in [0, 0.05) is 51.9 Å². The maximum absolute atomic E-state index is 14.0. The number of aryl methyl sites for hydroxylation is 1. The first-order chi connectivity index (χ1) is 15.5. The lowest BCUT2D eigenvalue weighted by Crippen LogP contribution is -2.47. The van der Waals surface area contributed by atoms with Crippen molar-refractivity contribution in [3.63, 3.8) is 0 Å². The largest absolute Gasteiger partial charge is 0.383 e. The Hall–Kier alpha value is -2.65. The van der Waals surface area contributed by atoms with Crippen LogP contribution < -0.4 is 10.2 Å². The fraction of sp³-hybridized carbons (Fsp3) is 0.565. The Labute approximate surface area is 189 Å². The van der Waals surface area contributed by atoms with Crippen molar-refractivity contribution in [2.45, 2.75) is 27.3 Å². The number of carbonyl (C=O) groups excluding carboxylic acids is 1. The number of benzene rings is 1. The van der Waals surface area contributed by atoms with Crippen LogP contribution in [0.5, 0.6) is 0 Å². The summed E-state index contributed by atoms with van der Waals surface area (Å²) in [6.45, 7) is 12.5. The number of likely N-dealkylation sites (N-methyl/N-ethyl adjacent to an activating group) is 1. The van der Waals surface area contributed by atoms with Crippen LogP contribution in [0.4, 0.5) is 15.0 Å². The number of piperazine rings is 1. The molecule has 0 atom stereocenters.